The Morgan fingerprint density at radius 1 is 1.37 bits per heavy atom. The second-order valence-electron chi connectivity index (χ2n) is 5.01. The predicted octanol–water partition coefficient (Wildman–Crippen LogP) is 3.44. The van der Waals surface area contributed by atoms with Crippen LogP contribution in [0.4, 0.5) is 0 Å². The maximum absolute atomic E-state index is 11.6. The highest BCUT2D eigenvalue weighted by atomic mass is 79.9. The van der Waals surface area contributed by atoms with Gasteiger partial charge in [0.2, 0.25) is 0 Å². The smallest absolute Gasteiger partial charge is 0.151 e. The fraction of sp³-hybridized carbons (Fsp3) is 0.538. The van der Waals surface area contributed by atoms with Gasteiger partial charge in [-0.05, 0) is 37.5 Å². The summed E-state index contributed by atoms with van der Waals surface area (Å²) >= 11 is 6.98. The lowest BCUT2D eigenvalue weighted by Crippen LogP contribution is -2.41. The van der Waals surface area contributed by atoms with Crippen LogP contribution in [0.5, 0.6) is 0 Å². The molecule has 1 aliphatic rings. The van der Waals surface area contributed by atoms with Crippen molar-refractivity contribution in [3.8, 4) is 0 Å². The van der Waals surface area contributed by atoms with Crippen molar-refractivity contribution in [3.63, 3.8) is 0 Å². The molecule has 0 saturated carbocycles. The Morgan fingerprint density at radius 2 is 2.11 bits per heavy atom. The van der Waals surface area contributed by atoms with Crippen LogP contribution in [0.25, 0.3) is 0 Å². The van der Waals surface area contributed by atoms with Crippen LogP contribution in [0, 0.1) is 0 Å². The molecule has 2 rings (SSSR count). The largest absolute Gasteiger partial charge is 0.306 e. The van der Waals surface area contributed by atoms with E-state index in [1.54, 1.807) is 0 Å². The third-order valence-electron chi connectivity index (χ3n) is 3.38. The Labute approximate surface area is 131 Å². The molecule has 2 unspecified atom stereocenters. The molecule has 0 amide bonds. The van der Waals surface area contributed by atoms with Gasteiger partial charge in [0.15, 0.2) is 9.84 Å². The van der Waals surface area contributed by atoms with Gasteiger partial charge < -0.3 is 5.32 Å². The average molecular weight is 411 g/mol. The van der Waals surface area contributed by atoms with Gasteiger partial charge in [0, 0.05) is 21.0 Å². The van der Waals surface area contributed by atoms with Gasteiger partial charge in [-0.15, -0.1) is 0 Å². The molecular formula is C13H17Br2NO2S. The summed E-state index contributed by atoms with van der Waals surface area (Å²) in [5.41, 5.74) is 1.14. The minimum absolute atomic E-state index is 0.0595. The van der Waals surface area contributed by atoms with Gasteiger partial charge in [0.25, 0.3) is 0 Å². The van der Waals surface area contributed by atoms with Gasteiger partial charge >= 0.3 is 0 Å². The summed E-state index contributed by atoms with van der Waals surface area (Å²) < 4.78 is 25.3. The average Bonchev–Trinajstić information content (AvgIpc) is 2.27. The molecule has 1 aromatic carbocycles. The zero-order chi connectivity index (χ0) is 14.0. The third-order valence-corrected chi connectivity index (χ3v) is 6.38. The summed E-state index contributed by atoms with van der Waals surface area (Å²) in [5.74, 6) is 0.590. The van der Waals surface area contributed by atoms with E-state index in [1.807, 2.05) is 18.2 Å². The lowest BCUT2D eigenvalue weighted by atomic mass is 10.1. The molecule has 1 aliphatic heterocycles. The minimum atomic E-state index is -2.86. The number of hydrogen-bond donors (Lipinski definition) is 1. The number of benzene rings is 1. The molecule has 0 aromatic heterocycles. The van der Waals surface area contributed by atoms with E-state index in [9.17, 15) is 8.42 Å². The van der Waals surface area contributed by atoms with Gasteiger partial charge in [-0.3, -0.25) is 0 Å². The highest BCUT2D eigenvalue weighted by Crippen LogP contribution is 2.27. The molecule has 0 spiro atoms. The van der Waals surface area contributed by atoms with E-state index in [4.69, 9.17) is 0 Å². The maximum atomic E-state index is 11.6. The standard InChI is InChI=1S/C13H17Br2NO2S/c1-9(12-5-4-10(14)7-13(12)15)16-11-3-2-6-19(17,18)8-11/h4-5,7,9,11,16H,2-3,6,8H2,1H3. The van der Waals surface area contributed by atoms with E-state index in [1.165, 1.54) is 0 Å². The molecular weight excluding hydrogens is 394 g/mol. The first-order valence-corrected chi connectivity index (χ1v) is 9.69. The summed E-state index contributed by atoms with van der Waals surface area (Å²) in [6.45, 7) is 2.06. The fourth-order valence-electron chi connectivity index (χ4n) is 2.45. The quantitative estimate of drug-likeness (QED) is 0.829. The second-order valence-corrected chi connectivity index (χ2v) is 9.01. The molecule has 0 radical (unpaired) electrons. The van der Waals surface area contributed by atoms with Crippen molar-refractivity contribution >= 4 is 41.7 Å². The summed E-state index contributed by atoms with van der Waals surface area (Å²) in [5, 5.41) is 3.43. The summed E-state index contributed by atoms with van der Waals surface area (Å²) in [4.78, 5) is 0. The lowest BCUT2D eigenvalue weighted by molar-refractivity contribution is 0.437. The van der Waals surface area contributed by atoms with Crippen molar-refractivity contribution in [2.45, 2.75) is 31.8 Å². The van der Waals surface area contributed by atoms with Gasteiger partial charge in [-0.1, -0.05) is 37.9 Å². The van der Waals surface area contributed by atoms with Crippen molar-refractivity contribution in [1.29, 1.82) is 0 Å². The molecule has 6 heteroatoms. The van der Waals surface area contributed by atoms with Crippen LogP contribution in [0.2, 0.25) is 0 Å². The molecule has 0 aliphatic carbocycles. The van der Waals surface area contributed by atoms with E-state index >= 15 is 0 Å². The number of rotatable bonds is 3. The number of hydrogen-bond acceptors (Lipinski definition) is 3. The van der Waals surface area contributed by atoms with E-state index in [0.717, 1.165) is 27.4 Å². The predicted molar refractivity (Wildman–Crippen MR) is 85.1 cm³/mol. The molecule has 2 atom stereocenters. The summed E-state index contributed by atoms with van der Waals surface area (Å²) in [6.07, 6.45) is 1.69. The van der Waals surface area contributed by atoms with Gasteiger partial charge in [-0.2, -0.15) is 0 Å². The van der Waals surface area contributed by atoms with Crippen molar-refractivity contribution in [1.82, 2.24) is 5.32 Å². The Balaban J connectivity index is 2.06. The Morgan fingerprint density at radius 3 is 2.74 bits per heavy atom. The zero-order valence-corrected chi connectivity index (χ0v) is 14.7. The van der Waals surface area contributed by atoms with Gasteiger partial charge in [0.1, 0.15) is 0 Å². The van der Waals surface area contributed by atoms with Crippen LogP contribution in [0.1, 0.15) is 31.4 Å². The maximum Gasteiger partial charge on any atom is 0.151 e. The first kappa shape index (κ1) is 15.5. The second kappa shape index (κ2) is 6.24. The van der Waals surface area contributed by atoms with Crippen LogP contribution in [0.3, 0.4) is 0 Å². The van der Waals surface area contributed by atoms with Crippen molar-refractivity contribution < 1.29 is 8.42 Å². The first-order valence-electron chi connectivity index (χ1n) is 6.29. The number of sulfone groups is 1. The summed E-state index contributed by atoms with van der Waals surface area (Å²) in [7, 11) is -2.86. The minimum Gasteiger partial charge on any atom is -0.306 e. The van der Waals surface area contributed by atoms with Gasteiger partial charge in [-0.25, -0.2) is 8.42 Å². The van der Waals surface area contributed by atoms with E-state index < -0.39 is 9.84 Å². The van der Waals surface area contributed by atoms with E-state index in [0.29, 0.717) is 5.75 Å². The normalized spacial score (nSPS) is 24.1. The number of nitrogens with one attached hydrogen (secondary N) is 1. The van der Waals surface area contributed by atoms with Crippen LogP contribution in [-0.4, -0.2) is 26.0 Å². The third kappa shape index (κ3) is 4.28. The van der Waals surface area contributed by atoms with Crippen molar-refractivity contribution in [3.05, 3.63) is 32.7 Å². The number of halogens is 2. The molecule has 1 saturated heterocycles. The van der Waals surface area contributed by atoms with Crippen LogP contribution >= 0.6 is 31.9 Å². The lowest BCUT2D eigenvalue weighted by Gasteiger charge is -2.27. The molecule has 1 aromatic rings. The van der Waals surface area contributed by atoms with Crippen LogP contribution < -0.4 is 5.32 Å². The SMILES string of the molecule is CC(NC1CCCS(=O)(=O)C1)c1ccc(Br)cc1Br. The molecule has 0 bridgehead atoms. The topological polar surface area (TPSA) is 46.2 Å². The van der Waals surface area contributed by atoms with Gasteiger partial charge in [0.05, 0.1) is 11.5 Å². The molecule has 1 heterocycles. The van der Waals surface area contributed by atoms with E-state index in [2.05, 4.69) is 44.1 Å². The Hall–Kier alpha value is 0.0900. The molecule has 106 valence electrons. The monoisotopic (exact) mass is 409 g/mol. The molecule has 1 fully saturated rings. The highest BCUT2D eigenvalue weighted by Gasteiger charge is 2.26. The van der Waals surface area contributed by atoms with Crippen LogP contribution in [-0.2, 0) is 9.84 Å². The fourth-order valence-corrected chi connectivity index (χ4v) is 5.49. The summed E-state index contributed by atoms with van der Waals surface area (Å²) in [6, 6.07) is 6.23. The first-order chi connectivity index (χ1) is 8.87. The molecule has 3 nitrogen and oxygen atoms in total. The van der Waals surface area contributed by atoms with Crippen LogP contribution in [0.15, 0.2) is 27.1 Å². The Bertz CT molecular complexity index is 560. The highest BCUT2D eigenvalue weighted by molar-refractivity contribution is 9.11. The van der Waals surface area contributed by atoms with Crippen molar-refractivity contribution in [2.75, 3.05) is 11.5 Å². The molecule has 1 N–H and O–H groups in total. The van der Waals surface area contributed by atoms with Crippen molar-refractivity contribution in [2.24, 2.45) is 0 Å². The Kier molecular flexibility index (Phi) is 5.09. The zero-order valence-electron chi connectivity index (χ0n) is 10.7. The molecule has 19 heavy (non-hydrogen) atoms. The van der Waals surface area contributed by atoms with E-state index in [-0.39, 0.29) is 17.8 Å².